The lowest BCUT2D eigenvalue weighted by Gasteiger charge is -2.24. The fourth-order valence-corrected chi connectivity index (χ4v) is 0.878. The van der Waals surface area contributed by atoms with E-state index in [9.17, 15) is 0 Å². The summed E-state index contributed by atoms with van der Waals surface area (Å²) in [6, 6.07) is -0.938. The van der Waals surface area contributed by atoms with Crippen LogP contribution in [0.1, 0.15) is 13.3 Å². The van der Waals surface area contributed by atoms with E-state index in [4.69, 9.17) is 25.9 Å². The highest BCUT2D eigenvalue weighted by molar-refractivity contribution is 4.70. The Morgan fingerprint density at radius 3 is 1.92 bits per heavy atom. The van der Waals surface area contributed by atoms with Crippen molar-refractivity contribution in [2.45, 2.75) is 25.5 Å². The van der Waals surface area contributed by atoms with E-state index in [1.165, 1.54) is 0 Å². The molecular formula is C5H14N2O5. The second-order valence-corrected chi connectivity index (χ2v) is 2.42. The summed E-state index contributed by atoms with van der Waals surface area (Å²) in [7, 11) is 0. The quantitative estimate of drug-likeness (QED) is 0.357. The minimum absolute atomic E-state index is 0.145. The van der Waals surface area contributed by atoms with Gasteiger partial charge >= 0.3 is 0 Å². The van der Waals surface area contributed by atoms with E-state index in [1.54, 1.807) is 6.92 Å². The first kappa shape index (κ1) is 11.7. The van der Waals surface area contributed by atoms with Gasteiger partial charge in [-0.05, 0) is 6.42 Å². The summed E-state index contributed by atoms with van der Waals surface area (Å²) in [5.41, 5.74) is 0. The zero-order valence-electron chi connectivity index (χ0n) is 6.70. The van der Waals surface area contributed by atoms with Gasteiger partial charge < -0.3 is 5.11 Å². The van der Waals surface area contributed by atoms with Crippen molar-refractivity contribution in [3.63, 3.8) is 0 Å². The van der Waals surface area contributed by atoms with E-state index in [0.29, 0.717) is 0 Å². The Morgan fingerprint density at radius 2 is 1.67 bits per heavy atom. The zero-order chi connectivity index (χ0) is 9.72. The fourth-order valence-electron chi connectivity index (χ4n) is 0.878. The highest BCUT2D eigenvalue weighted by atomic mass is 16.8. The van der Waals surface area contributed by atoms with Crippen molar-refractivity contribution < 1.29 is 25.9 Å². The Labute approximate surface area is 69.5 Å². The third-order valence-electron chi connectivity index (χ3n) is 1.51. The summed E-state index contributed by atoms with van der Waals surface area (Å²) in [5.74, 6) is 0. The van der Waals surface area contributed by atoms with E-state index in [2.05, 4.69) is 0 Å². The van der Waals surface area contributed by atoms with Crippen LogP contribution in [0, 0.1) is 0 Å². The second kappa shape index (κ2) is 5.38. The molecule has 0 heterocycles. The van der Waals surface area contributed by atoms with Crippen LogP contribution >= 0.6 is 0 Å². The molecule has 0 bridgehead atoms. The zero-order valence-corrected chi connectivity index (χ0v) is 6.70. The molecule has 0 aromatic carbocycles. The molecule has 74 valence electrons. The van der Waals surface area contributed by atoms with Gasteiger partial charge in [-0.15, -0.1) is 0 Å². The first-order valence-electron chi connectivity index (χ1n) is 3.49. The van der Waals surface area contributed by atoms with Crippen molar-refractivity contribution in [1.82, 2.24) is 10.5 Å². The summed E-state index contributed by atoms with van der Waals surface area (Å²) in [5, 5.41) is 42.4. The molecule has 2 unspecified atom stereocenters. The van der Waals surface area contributed by atoms with Gasteiger partial charge in [-0.2, -0.15) is 0 Å². The lowest BCUT2D eigenvalue weighted by atomic mass is 10.1. The molecule has 0 aliphatic rings. The van der Waals surface area contributed by atoms with E-state index >= 15 is 0 Å². The Hall–Kier alpha value is -0.280. The normalized spacial score (nSPS) is 17.0. The molecule has 0 saturated carbocycles. The minimum atomic E-state index is -1.25. The molecule has 0 aromatic rings. The minimum Gasteiger partial charge on any atom is -0.390 e. The van der Waals surface area contributed by atoms with Gasteiger partial charge in [-0.25, -0.2) is 0 Å². The number of rotatable bonds is 5. The largest absolute Gasteiger partial charge is 0.390 e. The van der Waals surface area contributed by atoms with Gasteiger partial charge in [0, 0.05) is 0 Å². The first-order valence-corrected chi connectivity index (χ1v) is 3.49. The average Bonchev–Trinajstić information content (AvgIpc) is 1.85. The molecule has 7 nitrogen and oxygen atoms in total. The number of hydrogen-bond acceptors (Lipinski definition) is 7. The Morgan fingerprint density at radius 1 is 1.17 bits per heavy atom. The van der Waals surface area contributed by atoms with E-state index in [0.717, 1.165) is 0 Å². The average molecular weight is 182 g/mol. The third kappa shape index (κ3) is 3.93. The monoisotopic (exact) mass is 182 g/mol. The smallest absolute Gasteiger partial charge is 0.0917 e. The standard InChI is InChI=1S/C5H14N2O5/c1-2-4(7(11)12)5(8)3-6(9)10/h4-5,8-12H,2-3H2,1H3. The summed E-state index contributed by atoms with van der Waals surface area (Å²) in [6.45, 7) is 1.14. The molecule has 0 spiro atoms. The van der Waals surface area contributed by atoms with Crippen LogP contribution in [0.2, 0.25) is 0 Å². The predicted octanol–water partition coefficient (Wildman–Crippen LogP) is -0.713. The van der Waals surface area contributed by atoms with E-state index < -0.39 is 18.7 Å². The molecule has 0 aromatic heterocycles. The van der Waals surface area contributed by atoms with Gasteiger partial charge in [0.1, 0.15) is 0 Å². The van der Waals surface area contributed by atoms with Gasteiger partial charge in [0.05, 0.1) is 18.7 Å². The van der Waals surface area contributed by atoms with Crippen molar-refractivity contribution in [2.75, 3.05) is 6.54 Å². The molecule has 0 rings (SSSR count). The Kier molecular flexibility index (Phi) is 5.25. The number of nitrogens with zero attached hydrogens (tertiary/aromatic N) is 2. The van der Waals surface area contributed by atoms with Crippen LogP contribution in [0.5, 0.6) is 0 Å². The van der Waals surface area contributed by atoms with E-state index in [1.807, 2.05) is 0 Å². The topological polar surface area (TPSA) is 108 Å². The molecule has 0 amide bonds. The van der Waals surface area contributed by atoms with Gasteiger partial charge in [0.15, 0.2) is 0 Å². The summed E-state index contributed by atoms with van der Waals surface area (Å²) >= 11 is 0. The van der Waals surface area contributed by atoms with E-state index in [-0.39, 0.29) is 16.9 Å². The summed E-state index contributed by atoms with van der Waals surface area (Å²) in [4.78, 5) is 0. The van der Waals surface area contributed by atoms with Crippen LogP contribution in [-0.2, 0) is 0 Å². The maximum absolute atomic E-state index is 9.13. The van der Waals surface area contributed by atoms with Gasteiger partial charge in [-0.3, -0.25) is 20.8 Å². The fraction of sp³-hybridized carbons (Fsp3) is 1.00. The highest BCUT2D eigenvalue weighted by Crippen LogP contribution is 2.05. The van der Waals surface area contributed by atoms with Crippen LogP contribution < -0.4 is 0 Å². The third-order valence-corrected chi connectivity index (χ3v) is 1.51. The van der Waals surface area contributed by atoms with Crippen molar-refractivity contribution in [3.8, 4) is 0 Å². The van der Waals surface area contributed by atoms with Crippen LogP contribution in [0.3, 0.4) is 0 Å². The van der Waals surface area contributed by atoms with Crippen molar-refractivity contribution >= 4 is 0 Å². The SMILES string of the molecule is CCC(C(O)CN(O)O)N(O)O. The van der Waals surface area contributed by atoms with Gasteiger partial charge in [0.25, 0.3) is 0 Å². The molecule has 5 N–H and O–H groups in total. The lowest BCUT2D eigenvalue weighted by molar-refractivity contribution is -0.358. The Balaban J connectivity index is 3.94. The molecule has 2 atom stereocenters. The number of hydroxylamine groups is 4. The van der Waals surface area contributed by atoms with Gasteiger partial charge in [-0.1, -0.05) is 17.4 Å². The second-order valence-electron chi connectivity index (χ2n) is 2.42. The number of hydrogen-bond donors (Lipinski definition) is 5. The lowest BCUT2D eigenvalue weighted by Crippen LogP contribution is -2.44. The maximum Gasteiger partial charge on any atom is 0.0917 e. The van der Waals surface area contributed by atoms with Crippen LogP contribution in [0.15, 0.2) is 0 Å². The van der Waals surface area contributed by atoms with Crippen molar-refractivity contribution in [2.24, 2.45) is 0 Å². The molecular weight excluding hydrogens is 168 g/mol. The number of aliphatic hydroxyl groups is 1. The number of aliphatic hydroxyl groups excluding tert-OH is 1. The van der Waals surface area contributed by atoms with Crippen LogP contribution in [-0.4, -0.2) is 55.1 Å². The summed E-state index contributed by atoms with van der Waals surface area (Å²) < 4.78 is 0. The molecule has 0 saturated heterocycles. The first-order chi connectivity index (χ1) is 5.49. The Bertz CT molecular complexity index is 120. The maximum atomic E-state index is 9.13. The highest BCUT2D eigenvalue weighted by Gasteiger charge is 2.23. The van der Waals surface area contributed by atoms with Crippen LogP contribution in [0.25, 0.3) is 0 Å². The molecule has 0 aliphatic carbocycles. The summed E-state index contributed by atoms with van der Waals surface area (Å²) in [6.07, 6.45) is -0.984. The van der Waals surface area contributed by atoms with Crippen LogP contribution in [0.4, 0.5) is 0 Å². The molecule has 7 heteroatoms. The van der Waals surface area contributed by atoms with Crippen molar-refractivity contribution in [3.05, 3.63) is 0 Å². The molecule has 0 fully saturated rings. The molecule has 0 aliphatic heterocycles. The van der Waals surface area contributed by atoms with Gasteiger partial charge in [0.2, 0.25) is 0 Å². The van der Waals surface area contributed by atoms with Crippen molar-refractivity contribution in [1.29, 1.82) is 0 Å². The predicted molar refractivity (Wildman–Crippen MR) is 35.8 cm³/mol. The molecule has 0 radical (unpaired) electrons. The molecule has 12 heavy (non-hydrogen) atoms.